The lowest BCUT2D eigenvalue weighted by Crippen LogP contribution is -2.14. The van der Waals surface area contributed by atoms with Gasteiger partial charge in [-0.3, -0.25) is 4.79 Å². The molecule has 8 heteroatoms. The Balaban J connectivity index is 1.81. The number of nitrogens with zero attached hydrogens (tertiary/aromatic N) is 1. The van der Waals surface area contributed by atoms with Gasteiger partial charge in [-0.2, -0.15) is 0 Å². The number of aryl methyl sites for hydroxylation is 1. The van der Waals surface area contributed by atoms with Gasteiger partial charge in [0.2, 0.25) is 0 Å². The monoisotopic (exact) mass is 376 g/mol. The molecule has 0 atom stereocenters. The van der Waals surface area contributed by atoms with Crippen LogP contribution in [-0.4, -0.2) is 23.5 Å². The van der Waals surface area contributed by atoms with Gasteiger partial charge in [-0.25, -0.2) is 9.78 Å². The summed E-state index contributed by atoms with van der Waals surface area (Å²) in [6.45, 7) is 4.02. The first-order valence-electron chi connectivity index (χ1n) is 7.71. The number of ether oxygens (including phenoxy) is 1. The quantitative estimate of drug-likeness (QED) is 0.643. The van der Waals surface area contributed by atoms with Crippen molar-refractivity contribution in [1.82, 2.24) is 4.98 Å². The number of hydrogen-bond donors (Lipinski definition) is 1. The molecule has 0 aliphatic heterocycles. The first kappa shape index (κ1) is 17.4. The van der Waals surface area contributed by atoms with E-state index in [1.807, 2.05) is 6.92 Å². The number of carbonyl (C=O) groups excluding carboxylic acids is 2. The predicted octanol–water partition coefficient (Wildman–Crippen LogP) is 4.46. The van der Waals surface area contributed by atoms with Crippen LogP contribution in [0.2, 0.25) is 0 Å². The summed E-state index contributed by atoms with van der Waals surface area (Å²) in [6.07, 6.45) is 3.90. The van der Waals surface area contributed by atoms with Crippen molar-refractivity contribution in [3.8, 4) is 10.6 Å². The van der Waals surface area contributed by atoms with Gasteiger partial charge >= 0.3 is 5.97 Å². The fraction of sp³-hybridized carbons (Fsp3) is 0.235. The SMILES string of the molecule is CCOC(=O)c1cc(CC)sc1NC(=O)c1csc(-c2ccoc2)n1. The van der Waals surface area contributed by atoms with Crippen LogP contribution in [0.15, 0.2) is 34.5 Å². The van der Waals surface area contributed by atoms with Gasteiger partial charge in [0.05, 0.1) is 18.4 Å². The third kappa shape index (κ3) is 3.80. The summed E-state index contributed by atoms with van der Waals surface area (Å²) in [6, 6.07) is 3.54. The van der Waals surface area contributed by atoms with Gasteiger partial charge in [0.25, 0.3) is 5.91 Å². The van der Waals surface area contributed by atoms with Gasteiger partial charge in [-0.15, -0.1) is 22.7 Å². The molecule has 6 nitrogen and oxygen atoms in total. The Morgan fingerprint density at radius 2 is 2.20 bits per heavy atom. The number of thiazole rings is 1. The molecule has 3 aromatic heterocycles. The Morgan fingerprint density at radius 3 is 2.88 bits per heavy atom. The zero-order chi connectivity index (χ0) is 17.8. The fourth-order valence-corrected chi connectivity index (χ4v) is 3.90. The minimum Gasteiger partial charge on any atom is -0.472 e. The van der Waals surface area contributed by atoms with Crippen molar-refractivity contribution in [2.24, 2.45) is 0 Å². The molecule has 3 aromatic rings. The van der Waals surface area contributed by atoms with Gasteiger partial charge < -0.3 is 14.5 Å². The molecule has 0 radical (unpaired) electrons. The van der Waals surface area contributed by atoms with Crippen LogP contribution < -0.4 is 5.32 Å². The topological polar surface area (TPSA) is 81.4 Å². The van der Waals surface area contributed by atoms with Crippen LogP contribution in [0.1, 0.15) is 39.6 Å². The zero-order valence-electron chi connectivity index (χ0n) is 13.7. The molecule has 0 saturated carbocycles. The second-order valence-corrected chi connectivity index (χ2v) is 7.03. The van der Waals surface area contributed by atoms with Gasteiger partial charge in [0.1, 0.15) is 22.0 Å². The number of aromatic nitrogens is 1. The Kier molecular flexibility index (Phi) is 5.30. The predicted molar refractivity (Wildman–Crippen MR) is 97.4 cm³/mol. The molecule has 0 aliphatic carbocycles. The van der Waals surface area contributed by atoms with Gasteiger partial charge in [0.15, 0.2) is 0 Å². The van der Waals surface area contributed by atoms with E-state index in [1.165, 1.54) is 22.7 Å². The van der Waals surface area contributed by atoms with E-state index in [0.29, 0.717) is 21.3 Å². The van der Waals surface area contributed by atoms with E-state index in [2.05, 4.69) is 10.3 Å². The lowest BCUT2D eigenvalue weighted by Gasteiger charge is -2.04. The molecule has 1 N–H and O–H groups in total. The van der Waals surface area contributed by atoms with Crippen LogP contribution in [-0.2, 0) is 11.2 Å². The van der Waals surface area contributed by atoms with E-state index < -0.39 is 5.97 Å². The van der Waals surface area contributed by atoms with E-state index in [1.54, 1.807) is 37.0 Å². The first-order chi connectivity index (χ1) is 12.1. The van der Waals surface area contributed by atoms with Gasteiger partial charge in [-0.1, -0.05) is 6.92 Å². The molecule has 3 rings (SSSR count). The number of rotatable bonds is 6. The normalized spacial score (nSPS) is 10.6. The molecule has 130 valence electrons. The second kappa shape index (κ2) is 7.62. The fourth-order valence-electron chi connectivity index (χ4n) is 2.13. The van der Waals surface area contributed by atoms with Crippen LogP contribution in [0.25, 0.3) is 10.6 Å². The first-order valence-corrected chi connectivity index (χ1v) is 9.41. The molecular formula is C17H16N2O4S2. The highest BCUT2D eigenvalue weighted by Gasteiger charge is 2.20. The maximum absolute atomic E-state index is 12.5. The number of amides is 1. The standard InChI is InChI=1S/C17H16N2O4S2/c1-3-11-7-12(17(21)23-4-2)16(25-11)19-14(20)13-9-24-15(18-13)10-5-6-22-8-10/h5-9H,3-4H2,1-2H3,(H,19,20). The third-order valence-corrected chi connectivity index (χ3v) is 5.45. The van der Waals surface area contributed by atoms with Crippen molar-refractivity contribution in [3.63, 3.8) is 0 Å². The van der Waals surface area contributed by atoms with E-state index >= 15 is 0 Å². The Morgan fingerprint density at radius 1 is 1.36 bits per heavy atom. The largest absolute Gasteiger partial charge is 0.472 e. The Hall–Kier alpha value is -2.45. The minimum atomic E-state index is -0.439. The van der Waals surface area contributed by atoms with Gasteiger partial charge in [0, 0.05) is 15.8 Å². The molecule has 3 heterocycles. The van der Waals surface area contributed by atoms with Crippen molar-refractivity contribution in [1.29, 1.82) is 0 Å². The molecule has 1 amide bonds. The number of thiophene rings is 1. The summed E-state index contributed by atoms with van der Waals surface area (Å²) in [5.41, 5.74) is 1.49. The number of nitrogens with one attached hydrogen (secondary N) is 1. The molecule has 0 unspecified atom stereocenters. The molecule has 0 aromatic carbocycles. The summed E-state index contributed by atoms with van der Waals surface area (Å²) in [5.74, 6) is -0.799. The van der Waals surface area contributed by atoms with Crippen molar-refractivity contribution < 1.29 is 18.7 Å². The van der Waals surface area contributed by atoms with Crippen molar-refractivity contribution in [2.75, 3.05) is 11.9 Å². The summed E-state index contributed by atoms with van der Waals surface area (Å²) < 4.78 is 10.1. The average Bonchev–Trinajstić information content (AvgIpc) is 3.34. The maximum atomic E-state index is 12.5. The second-order valence-electron chi connectivity index (χ2n) is 5.03. The Labute approximate surface area is 152 Å². The summed E-state index contributed by atoms with van der Waals surface area (Å²) in [4.78, 5) is 29.9. The van der Waals surface area contributed by atoms with Crippen LogP contribution in [0, 0.1) is 0 Å². The number of esters is 1. The number of carbonyl (C=O) groups is 2. The van der Waals surface area contributed by atoms with E-state index in [9.17, 15) is 9.59 Å². The van der Waals surface area contributed by atoms with Crippen LogP contribution in [0.5, 0.6) is 0 Å². The summed E-state index contributed by atoms with van der Waals surface area (Å²) >= 11 is 2.72. The molecular weight excluding hydrogens is 360 g/mol. The number of hydrogen-bond acceptors (Lipinski definition) is 7. The van der Waals surface area contributed by atoms with Crippen LogP contribution in [0.3, 0.4) is 0 Å². The zero-order valence-corrected chi connectivity index (χ0v) is 15.3. The highest BCUT2D eigenvalue weighted by molar-refractivity contribution is 7.16. The highest BCUT2D eigenvalue weighted by atomic mass is 32.1. The lowest BCUT2D eigenvalue weighted by atomic mass is 10.2. The van der Waals surface area contributed by atoms with Crippen molar-refractivity contribution >= 4 is 39.6 Å². The average molecular weight is 376 g/mol. The summed E-state index contributed by atoms with van der Waals surface area (Å²) in [7, 11) is 0. The molecule has 0 spiro atoms. The van der Waals surface area contributed by atoms with Crippen LogP contribution >= 0.6 is 22.7 Å². The number of anilines is 1. The smallest absolute Gasteiger partial charge is 0.341 e. The minimum absolute atomic E-state index is 0.281. The maximum Gasteiger partial charge on any atom is 0.341 e. The van der Waals surface area contributed by atoms with Crippen molar-refractivity contribution in [3.05, 3.63) is 46.2 Å². The summed E-state index contributed by atoms with van der Waals surface area (Å²) in [5, 5.41) is 5.64. The van der Waals surface area contributed by atoms with E-state index in [4.69, 9.17) is 9.15 Å². The molecule has 0 bridgehead atoms. The number of furan rings is 1. The molecule has 25 heavy (non-hydrogen) atoms. The molecule has 0 saturated heterocycles. The third-order valence-electron chi connectivity index (χ3n) is 3.36. The van der Waals surface area contributed by atoms with Crippen LogP contribution in [0.4, 0.5) is 5.00 Å². The van der Waals surface area contributed by atoms with Crippen molar-refractivity contribution in [2.45, 2.75) is 20.3 Å². The van der Waals surface area contributed by atoms with E-state index in [0.717, 1.165) is 16.9 Å². The molecule has 0 fully saturated rings. The van der Waals surface area contributed by atoms with E-state index in [-0.39, 0.29) is 12.5 Å². The Bertz CT molecular complexity index is 880. The van der Waals surface area contributed by atoms with Gasteiger partial charge in [-0.05, 0) is 25.5 Å². The highest BCUT2D eigenvalue weighted by Crippen LogP contribution is 2.30. The molecule has 0 aliphatic rings. The lowest BCUT2D eigenvalue weighted by molar-refractivity contribution is 0.0528.